The fourth-order valence-electron chi connectivity index (χ4n) is 5.29. The van der Waals surface area contributed by atoms with Gasteiger partial charge in [-0.25, -0.2) is 0 Å². The first kappa shape index (κ1) is 18.9. The fourth-order valence-corrected chi connectivity index (χ4v) is 5.29. The summed E-state index contributed by atoms with van der Waals surface area (Å²) in [5.41, 5.74) is 2.28. The lowest BCUT2D eigenvalue weighted by Crippen LogP contribution is -2.63. The van der Waals surface area contributed by atoms with E-state index in [-0.39, 0.29) is 30.8 Å². The van der Waals surface area contributed by atoms with Crippen molar-refractivity contribution < 1.29 is 19.4 Å². The van der Waals surface area contributed by atoms with Gasteiger partial charge in [0.1, 0.15) is 5.41 Å². The minimum Gasteiger partial charge on any atom is -0.468 e. The van der Waals surface area contributed by atoms with Crippen molar-refractivity contribution in [2.75, 3.05) is 27.3 Å². The second-order valence-electron chi connectivity index (χ2n) is 7.89. The molecule has 28 heavy (non-hydrogen) atoms. The summed E-state index contributed by atoms with van der Waals surface area (Å²) in [7, 11) is 3.32. The van der Waals surface area contributed by atoms with Gasteiger partial charge in [0.2, 0.25) is 0 Å². The molecule has 1 aliphatic carbocycles. The molecular formula is C22H26N2O4. The molecule has 1 aliphatic heterocycles. The molecule has 1 aromatic carbocycles. The zero-order chi connectivity index (χ0) is 20.1. The molecular weight excluding hydrogens is 356 g/mol. The standard InChI is InChI=1S/C22H26N2O4/c1-4-13-11-24(2)19-9-15-14-7-5-6-8-17(14)23-20(15)18(26)10-16(13)22(19,12-25)21(27)28-3/h4-8,16,19,23,25H,9-12H2,1-3H3/b13-4-/t16-,19+,22+/m1/s1. The number of aliphatic hydroxyl groups is 1. The number of H-pyrrole nitrogens is 1. The van der Waals surface area contributed by atoms with E-state index in [1.54, 1.807) is 0 Å². The number of fused-ring (bicyclic) bond motifs is 5. The van der Waals surface area contributed by atoms with Crippen LogP contribution in [-0.2, 0) is 16.0 Å². The monoisotopic (exact) mass is 382 g/mol. The molecule has 2 N–H and O–H groups in total. The van der Waals surface area contributed by atoms with Gasteiger partial charge in [-0.05, 0) is 32.0 Å². The molecule has 3 atom stereocenters. The van der Waals surface area contributed by atoms with Crippen molar-refractivity contribution in [2.45, 2.75) is 25.8 Å². The third-order valence-electron chi connectivity index (χ3n) is 6.71. The van der Waals surface area contributed by atoms with Gasteiger partial charge in [-0.2, -0.15) is 0 Å². The van der Waals surface area contributed by atoms with Crippen LogP contribution in [0.25, 0.3) is 10.9 Å². The van der Waals surface area contributed by atoms with Crippen molar-refractivity contribution >= 4 is 22.7 Å². The number of ether oxygens (including phenoxy) is 1. The molecule has 0 spiro atoms. The highest BCUT2D eigenvalue weighted by Gasteiger charge is 2.58. The van der Waals surface area contributed by atoms with E-state index >= 15 is 0 Å². The van der Waals surface area contributed by atoms with Crippen molar-refractivity contribution in [3.05, 3.63) is 47.2 Å². The Bertz CT molecular complexity index is 976. The maximum atomic E-state index is 13.3. The van der Waals surface area contributed by atoms with Gasteiger partial charge >= 0.3 is 5.97 Å². The Hall–Kier alpha value is -2.44. The first-order valence-electron chi connectivity index (χ1n) is 9.65. The minimum atomic E-state index is -1.17. The Kier molecular flexibility index (Phi) is 4.63. The molecule has 4 rings (SSSR count). The Labute approximate surface area is 164 Å². The smallest absolute Gasteiger partial charge is 0.316 e. The largest absolute Gasteiger partial charge is 0.468 e. The number of nitrogens with one attached hydrogen (secondary N) is 1. The number of hydrogen-bond acceptors (Lipinski definition) is 5. The highest BCUT2D eigenvalue weighted by atomic mass is 16.5. The van der Waals surface area contributed by atoms with E-state index in [1.165, 1.54) is 7.11 Å². The second kappa shape index (κ2) is 6.87. The van der Waals surface area contributed by atoms with Gasteiger partial charge < -0.3 is 14.8 Å². The normalized spacial score (nSPS) is 29.4. The van der Waals surface area contributed by atoms with E-state index in [9.17, 15) is 14.7 Å². The highest BCUT2D eigenvalue weighted by Crippen LogP contribution is 2.49. The summed E-state index contributed by atoms with van der Waals surface area (Å²) in [6.45, 7) is 2.22. The molecule has 6 heteroatoms. The van der Waals surface area contributed by atoms with Crippen LogP contribution in [0, 0.1) is 11.3 Å². The van der Waals surface area contributed by atoms with E-state index in [1.807, 2.05) is 44.3 Å². The molecule has 1 aromatic heterocycles. The second-order valence-corrected chi connectivity index (χ2v) is 7.89. The van der Waals surface area contributed by atoms with E-state index in [0.717, 1.165) is 22.0 Å². The summed E-state index contributed by atoms with van der Waals surface area (Å²) in [4.78, 5) is 31.8. The molecule has 6 nitrogen and oxygen atoms in total. The number of likely N-dealkylation sites (tertiary alicyclic amines) is 1. The minimum absolute atomic E-state index is 0.0275. The summed E-state index contributed by atoms with van der Waals surface area (Å²) in [5.74, 6) is -0.865. The van der Waals surface area contributed by atoms with Gasteiger partial charge in [-0.1, -0.05) is 29.8 Å². The summed E-state index contributed by atoms with van der Waals surface area (Å²) in [5, 5.41) is 11.5. The van der Waals surface area contributed by atoms with E-state index in [2.05, 4.69) is 9.88 Å². The quantitative estimate of drug-likeness (QED) is 0.615. The molecule has 2 heterocycles. The number of methoxy groups -OCH3 is 1. The average molecular weight is 382 g/mol. The molecule has 1 saturated heterocycles. The number of ketones is 1. The highest BCUT2D eigenvalue weighted by molar-refractivity contribution is 6.03. The summed E-state index contributed by atoms with van der Waals surface area (Å²) in [6, 6.07) is 7.57. The van der Waals surface area contributed by atoms with Crippen LogP contribution < -0.4 is 0 Å². The number of rotatable bonds is 2. The molecule has 1 fully saturated rings. The van der Waals surface area contributed by atoms with Crippen LogP contribution in [0.4, 0.5) is 0 Å². The van der Waals surface area contributed by atoms with E-state index in [4.69, 9.17) is 4.74 Å². The van der Waals surface area contributed by atoms with Crippen molar-refractivity contribution in [2.24, 2.45) is 11.3 Å². The number of carbonyl (C=O) groups is 2. The van der Waals surface area contributed by atoms with Crippen LogP contribution in [-0.4, -0.2) is 60.1 Å². The number of para-hydroxylation sites is 1. The van der Waals surface area contributed by atoms with Gasteiger partial charge in [0, 0.05) is 35.8 Å². The van der Waals surface area contributed by atoms with Crippen LogP contribution >= 0.6 is 0 Å². The summed E-state index contributed by atoms with van der Waals surface area (Å²) >= 11 is 0. The number of aromatic amines is 1. The van der Waals surface area contributed by atoms with E-state index < -0.39 is 11.4 Å². The third kappa shape index (κ3) is 2.48. The Morgan fingerprint density at radius 3 is 2.82 bits per heavy atom. The zero-order valence-electron chi connectivity index (χ0n) is 16.5. The van der Waals surface area contributed by atoms with Gasteiger partial charge in [0.15, 0.2) is 5.78 Å². The van der Waals surface area contributed by atoms with Gasteiger partial charge in [-0.3, -0.25) is 14.5 Å². The van der Waals surface area contributed by atoms with E-state index in [0.29, 0.717) is 18.7 Å². The topological polar surface area (TPSA) is 82.6 Å². The van der Waals surface area contributed by atoms with Crippen molar-refractivity contribution in [3.63, 3.8) is 0 Å². The predicted molar refractivity (Wildman–Crippen MR) is 106 cm³/mol. The number of aromatic nitrogens is 1. The Morgan fingerprint density at radius 1 is 1.39 bits per heavy atom. The number of nitrogens with zero attached hydrogens (tertiary/aromatic N) is 1. The SMILES string of the molecule is C/C=C1/CN(C)[C@H]2Cc3c([nH]c4ccccc34)C(=O)C[C@H]1[C@]2(CO)C(=O)OC. The molecule has 0 saturated carbocycles. The lowest BCUT2D eigenvalue weighted by Gasteiger charge is -2.52. The molecule has 2 bridgehead atoms. The van der Waals surface area contributed by atoms with Crippen molar-refractivity contribution in [1.82, 2.24) is 9.88 Å². The lowest BCUT2D eigenvalue weighted by molar-refractivity contribution is -0.168. The first-order valence-corrected chi connectivity index (χ1v) is 9.65. The number of likely N-dealkylation sites (N-methyl/N-ethyl adjacent to an activating group) is 1. The number of Topliss-reactive ketones (excluding diaryl/α,β-unsaturated/α-hetero) is 1. The van der Waals surface area contributed by atoms with Crippen LogP contribution in [0.1, 0.15) is 29.4 Å². The summed E-state index contributed by atoms with van der Waals surface area (Å²) < 4.78 is 5.18. The number of benzene rings is 1. The number of carbonyl (C=O) groups excluding carboxylic acids is 2. The lowest BCUT2D eigenvalue weighted by atomic mass is 9.60. The maximum absolute atomic E-state index is 13.3. The van der Waals surface area contributed by atoms with Crippen molar-refractivity contribution in [1.29, 1.82) is 0 Å². The predicted octanol–water partition coefficient (Wildman–Crippen LogP) is 2.33. The number of piperidine rings is 1. The Balaban J connectivity index is 1.99. The maximum Gasteiger partial charge on any atom is 0.316 e. The number of esters is 1. The van der Waals surface area contributed by atoms with Crippen LogP contribution in [0.2, 0.25) is 0 Å². The molecule has 2 aromatic rings. The fraction of sp³-hybridized carbons (Fsp3) is 0.455. The van der Waals surface area contributed by atoms with Gasteiger partial charge in [-0.15, -0.1) is 0 Å². The average Bonchev–Trinajstić information content (AvgIpc) is 3.07. The number of allylic oxidation sites excluding steroid dienone is 1. The van der Waals surface area contributed by atoms with Gasteiger partial charge in [0.05, 0.1) is 19.4 Å². The number of aliphatic hydroxyl groups excluding tert-OH is 1. The Morgan fingerprint density at radius 2 is 2.14 bits per heavy atom. The summed E-state index contributed by atoms with van der Waals surface area (Å²) in [6.07, 6.45) is 2.62. The molecule has 2 aliphatic rings. The van der Waals surface area contributed by atoms with Crippen LogP contribution in [0.5, 0.6) is 0 Å². The zero-order valence-corrected chi connectivity index (χ0v) is 16.5. The first-order chi connectivity index (χ1) is 13.5. The molecule has 0 unspecified atom stereocenters. The molecule has 0 amide bonds. The third-order valence-corrected chi connectivity index (χ3v) is 6.71. The van der Waals surface area contributed by atoms with Crippen LogP contribution in [0.3, 0.4) is 0 Å². The number of hydrogen-bond donors (Lipinski definition) is 2. The van der Waals surface area contributed by atoms with Crippen molar-refractivity contribution in [3.8, 4) is 0 Å². The van der Waals surface area contributed by atoms with Crippen LogP contribution in [0.15, 0.2) is 35.9 Å². The molecule has 0 radical (unpaired) electrons. The molecule has 148 valence electrons. The van der Waals surface area contributed by atoms with Gasteiger partial charge in [0.25, 0.3) is 0 Å².